The summed E-state index contributed by atoms with van der Waals surface area (Å²) in [4.78, 5) is 0. The van der Waals surface area contributed by atoms with Crippen LogP contribution in [0.1, 0.15) is 52.9 Å². The Morgan fingerprint density at radius 2 is 2.07 bits per heavy atom. The highest BCUT2D eigenvalue weighted by Crippen LogP contribution is 2.20. The third kappa shape index (κ3) is 4.98. The molecule has 1 rings (SSSR count). The Hall–Kier alpha value is -0.0800. The molecule has 2 nitrogen and oxygen atoms in total. The summed E-state index contributed by atoms with van der Waals surface area (Å²) in [7, 11) is 0. The first-order chi connectivity index (χ1) is 7.24. The summed E-state index contributed by atoms with van der Waals surface area (Å²) in [6.07, 6.45) is 6.87. The highest BCUT2D eigenvalue weighted by molar-refractivity contribution is 4.79. The van der Waals surface area contributed by atoms with Crippen LogP contribution in [-0.4, -0.2) is 25.3 Å². The van der Waals surface area contributed by atoms with Crippen molar-refractivity contribution < 1.29 is 4.74 Å². The van der Waals surface area contributed by atoms with Crippen molar-refractivity contribution in [2.75, 3.05) is 13.2 Å². The molecule has 90 valence electrons. The molecule has 2 heteroatoms. The zero-order chi connectivity index (χ0) is 11.1. The summed E-state index contributed by atoms with van der Waals surface area (Å²) < 4.78 is 5.86. The molecule has 1 heterocycles. The molecule has 0 aromatic heterocycles. The Morgan fingerprint density at radius 3 is 2.60 bits per heavy atom. The topological polar surface area (TPSA) is 21.3 Å². The van der Waals surface area contributed by atoms with Crippen molar-refractivity contribution in [3.63, 3.8) is 0 Å². The minimum Gasteiger partial charge on any atom is -0.377 e. The largest absolute Gasteiger partial charge is 0.377 e. The van der Waals surface area contributed by atoms with Crippen LogP contribution >= 0.6 is 0 Å². The fraction of sp³-hybridized carbons (Fsp3) is 1.00. The van der Waals surface area contributed by atoms with Crippen LogP contribution in [0, 0.1) is 5.92 Å². The normalized spacial score (nSPS) is 24.4. The molecule has 0 aliphatic carbocycles. The number of rotatable bonds is 6. The lowest BCUT2D eigenvalue weighted by atomic mass is 9.95. The Morgan fingerprint density at radius 1 is 1.27 bits per heavy atom. The van der Waals surface area contributed by atoms with Gasteiger partial charge >= 0.3 is 0 Å². The highest BCUT2D eigenvalue weighted by atomic mass is 16.5. The predicted octanol–water partition coefficient (Wildman–Crippen LogP) is 2.97. The van der Waals surface area contributed by atoms with E-state index >= 15 is 0 Å². The van der Waals surface area contributed by atoms with Gasteiger partial charge in [-0.1, -0.05) is 20.8 Å². The number of hydrogen-bond donors (Lipinski definition) is 1. The van der Waals surface area contributed by atoms with Crippen molar-refractivity contribution in [2.24, 2.45) is 5.92 Å². The molecule has 15 heavy (non-hydrogen) atoms. The Balaban J connectivity index is 2.33. The first-order valence-electron chi connectivity index (χ1n) is 6.59. The van der Waals surface area contributed by atoms with Crippen molar-refractivity contribution in [2.45, 2.75) is 65.0 Å². The molecule has 2 atom stereocenters. The number of nitrogens with one attached hydrogen (secondary N) is 1. The van der Waals surface area contributed by atoms with Gasteiger partial charge in [-0.2, -0.15) is 0 Å². The predicted molar refractivity (Wildman–Crippen MR) is 65.1 cm³/mol. The number of hydrogen-bond acceptors (Lipinski definition) is 2. The second-order valence-electron chi connectivity index (χ2n) is 5.04. The van der Waals surface area contributed by atoms with Gasteiger partial charge in [0.15, 0.2) is 0 Å². The van der Waals surface area contributed by atoms with Crippen molar-refractivity contribution >= 4 is 0 Å². The van der Waals surface area contributed by atoms with E-state index < -0.39 is 0 Å². The molecule has 0 aromatic rings. The zero-order valence-corrected chi connectivity index (χ0v) is 10.6. The summed E-state index contributed by atoms with van der Waals surface area (Å²) in [6.45, 7) is 8.80. The van der Waals surface area contributed by atoms with Crippen LogP contribution in [0.25, 0.3) is 0 Å². The molecule has 0 aromatic carbocycles. The standard InChI is InChI=1S/C13H27NO/c1-4-14-12(9-8-11(2)3)13-7-5-6-10-15-13/h11-14H,4-10H2,1-3H3. The molecule has 0 saturated carbocycles. The summed E-state index contributed by atoms with van der Waals surface area (Å²) >= 11 is 0. The second kappa shape index (κ2) is 7.24. The lowest BCUT2D eigenvalue weighted by Crippen LogP contribution is -2.43. The summed E-state index contributed by atoms with van der Waals surface area (Å²) in [6, 6.07) is 0.581. The molecule has 2 unspecified atom stereocenters. The minimum atomic E-state index is 0.470. The van der Waals surface area contributed by atoms with Gasteiger partial charge in [0.2, 0.25) is 0 Å². The van der Waals surface area contributed by atoms with Gasteiger partial charge in [0.1, 0.15) is 0 Å². The van der Waals surface area contributed by atoms with Crippen molar-refractivity contribution in [3.05, 3.63) is 0 Å². The summed E-state index contributed by atoms with van der Waals surface area (Å²) in [5.74, 6) is 0.801. The molecule has 1 aliphatic rings. The molecule has 1 fully saturated rings. The number of likely N-dealkylation sites (N-methyl/N-ethyl adjacent to an activating group) is 1. The van der Waals surface area contributed by atoms with Gasteiger partial charge < -0.3 is 10.1 Å². The molecule has 0 radical (unpaired) electrons. The molecule has 0 bridgehead atoms. The van der Waals surface area contributed by atoms with E-state index in [0.29, 0.717) is 12.1 Å². The lowest BCUT2D eigenvalue weighted by molar-refractivity contribution is -0.00989. The van der Waals surface area contributed by atoms with Gasteiger partial charge in [0.05, 0.1) is 6.10 Å². The molecular formula is C13H27NO. The smallest absolute Gasteiger partial charge is 0.0728 e. The van der Waals surface area contributed by atoms with Crippen molar-refractivity contribution in [3.8, 4) is 0 Å². The van der Waals surface area contributed by atoms with E-state index in [2.05, 4.69) is 26.1 Å². The average Bonchev–Trinajstić information content (AvgIpc) is 2.25. The maximum absolute atomic E-state index is 5.86. The SMILES string of the molecule is CCNC(CCC(C)C)C1CCCCO1. The Labute approximate surface area is 94.8 Å². The van der Waals surface area contributed by atoms with Crippen LogP contribution in [0.5, 0.6) is 0 Å². The molecule has 1 saturated heterocycles. The number of ether oxygens (including phenoxy) is 1. The van der Waals surface area contributed by atoms with E-state index in [1.165, 1.54) is 32.1 Å². The van der Waals surface area contributed by atoms with Crippen LogP contribution in [0.3, 0.4) is 0 Å². The van der Waals surface area contributed by atoms with Gasteiger partial charge in [0, 0.05) is 12.6 Å². The fourth-order valence-electron chi connectivity index (χ4n) is 2.28. The molecule has 0 spiro atoms. The van der Waals surface area contributed by atoms with E-state index in [-0.39, 0.29) is 0 Å². The maximum Gasteiger partial charge on any atom is 0.0728 e. The molecule has 1 aliphatic heterocycles. The summed E-state index contributed by atoms with van der Waals surface area (Å²) in [5, 5.41) is 3.58. The second-order valence-corrected chi connectivity index (χ2v) is 5.04. The quantitative estimate of drug-likeness (QED) is 0.732. The zero-order valence-electron chi connectivity index (χ0n) is 10.6. The first kappa shape index (κ1) is 13.0. The summed E-state index contributed by atoms with van der Waals surface area (Å²) in [5.41, 5.74) is 0. The van der Waals surface area contributed by atoms with E-state index in [0.717, 1.165) is 19.1 Å². The third-order valence-electron chi connectivity index (χ3n) is 3.19. The molecule has 0 amide bonds. The molecule has 1 N–H and O–H groups in total. The van der Waals surface area contributed by atoms with E-state index in [1.807, 2.05) is 0 Å². The fourth-order valence-corrected chi connectivity index (χ4v) is 2.28. The van der Waals surface area contributed by atoms with Crippen LogP contribution < -0.4 is 5.32 Å². The van der Waals surface area contributed by atoms with Crippen molar-refractivity contribution in [1.82, 2.24) is 5.32 Å². The minimum absolute atomic E-state index is 0.470. The Kier molecular flexibility index (Phi) is 6.26. The highest BCUT2D eigenvalue weighted by Gasteiger charge is 2.23. The lowest BCUT2D eigenvalue weighted by Gasteiger charge is -2.31. The average molecular weight is 213 g/mol. The van der Waals surface area contributed by atoms with Crippen LogP contribution in [0.2, 0.25) is 0 Å². The van der Waals surface area contributed by atoms with Crippen LogP contribution in [0.15, 0.2) is 0 Å². The van der Waals surface area contributed by atoms with Gasteiger partial charge in [-0.15, -0.1) is 0 Å². The first-order valence-corrected chi connectivity index (χ1v) is 6.59. The molecular weight excluding hydrogens is 186 g/mol. The van der Waals surface area contributed by atoms with E-state index in [1.54, 1.807) is 0 Å². The van der Waals surface area contributed by atoms with Gasteiger partial charge in [0.25, 0.3) is 0 Å². The van der Waals surface area contributed by atoms with Gasteiger partial charge in [-0.25, -0.2) is 0 Å². The third-order valence-corrected chi connectivity index (χ3v) is 3.19. The van der Waals surface area contributed by atoms with Crippen LogP contribution in [-0.2, 0) is 4.74 Å². The van der Waals surface area contributed by atoms with Gasteiger partial charge in [-0.05, 0) is 44.6 Å². The van der Waals surface area contributed by atoms with E-state index in [9.17, 15) is 0 Å². The van der Waals surface area contributed by atoms with E-state index in [4.69, 9.17) is 4.74 Å². The van der Waals surface area contributed by atoms with Crippen molar-refractivity contribution in [1.29, 1.82) is 0 Å². The maximum atomic E-state index is 5.86. The monoisotopic (exact) mass is 213 g/mol. The Bertz CT molecular complexity index is 153. The van der Waals surface area contributed by atoms with Gasteiger partial charge in [-0.3, -0.25) is 0 Å². The van der Waals surface area contributed by atoms with Crippen LogP contribution in [0.4, 0.5) is 0 Å².